The van der Waals surface area contributed by atoms with Gasteiger partial charge >= 0.3 is 0 Å². The van der Waals surface area contributed by atoms with Crippen molar-refractivity contribution in [2.75, 3.05) is 6.54 Å². The van der Waals surface area contributed by atoms with Gasteiger partial charge in [-0.3, -0.25) is 4.79 Å². The van der Waals surface area contributed by atoms with Crippen molar-refractivity contribution in [3.8, 4) is 0 Å². The summed E-state index contributed by atoms with van der Waals surface area (Å²) in [5.41, 5.74) is 1.60. The van der Waals surface area contributed by atoms with Crippen LogP contribution in [0.3, 0.4) is 0 Å². The normalized spacial score (nSPS) is 12.0. The van der Waals surface area contributed by atoms with Crippen LogP contribution in [-0.4, -0.2) is 17.6 Å². The molecule has 0 heterocycles. The highest BCUT2D eigenvalue weighted by Crippen LogP contribution is 2.13. The van der Waals surface area contributed by atoms with Gasteiger partial charge in [0.15, 0.2) is 0 Å². The third kappa shape index (κ3) is 4.10. The summed E-state index contributed by atoms with van der Waals surface area (Å²) in [6.45, 7) is 1.89. The average Bonchev–Trinajstić information content (AvgIpc) is 2.44. The minimum Gasteiger partial charge on any atom is -0.387 e. The second-order valence-corrected chi connectivity index (χ2v) is 4.79. The molecular weight excluding hydrogens is 276 g/mol. The van der Waals surface area contributed by atoms with Gasteiger partial charge in [0.2, 0.25) is 0 Å². The van der Waals surface area contributed by atoms with Crippen LogP contribution in [0.1, 0.15) is 27.6 Å². The smallest absolute Gasteiger partial charge is 0.251 e. The fourth-order valence-electron chi connectivity index (χ4n) is 1.88. The van der Waals surface area contributed by atoms with Crippen LogP contribution in [0.15, 0.2) is 42.5 Å². The predicted octanol–water partition coefficient (Wildman–Crippen LogP) is 2.74. The topological polar surface area (TPSA) is 49.3 Å². The molecule has 2 N–H and O–H groups in total. The van der Waals surface area contributed by atoms with Crippen molar-refractivity contribution in [2.24, 2.45) is 0 Å². The van der Waals surface area contributed by atoms with Crippen LogP contribution in [0.25, 0.3) is 0 Å². The molecule has 0 unspecified atom stereocenters. The summed E-state index contributed by atoms with van der Waals surface area (Å²) >= 11 is 0. The largest absolute Gasteiger partial charge is 0.387 e. The quantitative estimate of drug-likeness (QED) is 0.910. The Morgan fingerprint density at radius 2 is 1.71 bits per heavy atom. The molecule has 2 aromatic rings. The first kappa shape index (κ1) is 15.1. The Labute approximate surface area is 121 Å². The van der Waals surface area contributed by atoms with E-state index in [9.17, 15) is 18.7 Å². The minimum absolute atomic E-state index is 0.0416. The lowest BCUT2D eigenvalue weighted by atomic mass is 10.1. The first-order valence-corrected chi connectivity index (χ1v) is 6.44. The summed E-state index contributed by atoms with van der Waals surface area (Å²) in [7, 11) is 0. The number of benzene rings is 2. The van der Waals surface area contributed by atoms with E-state index in [4.69, 9.17) is 0 Å². The fourth-order valence-corrected chi connectivity index (χ4v) is 1.88. The highest BCUT2D eigenvalue weighted by molar-refractivity contribution is 5.94. The molecule has 21 heavy (non-hydrogen) atoms. The highest BCUT2D eigenvalue weighted by atomic mass is 19.1. The molecule has 0 fully saturated rings. The molecule has 0 aliphatic heterocycles. The van der Waals surface area contributed by atoms with Crippen molar-refractivity contribution in [3.05, 3.63) is 70.8 Å². The van der Waals surface area contributed by atoms with E-state index < -0.39 is 23.6 Å². The van der Waals surface area contributed by atoms with Crippen molar-refractivity contribution < 1.29 is 18.7 Å². The summed E-state index contributed by atoms with van der Waals surface area (Å²) in [4.78, 5) is 11.8. The standard InChI is InChI=1S/C16H15F2NO2/c1-10-2-4-11(5-3-10)15(20)9-19-16(21)12-6-13(17)8-14(18)7-12/h2-8,15,20H,9H2,1H3,(H,19,21)/t15-/m1/s1. The molecule has 1 amide bonds. The summed E-state index contributed by atoms with van der Waals surface area (Å²) in [5, 5.41) is 12.4. The van der Waals surface area contributed by atoms with Crippen molar-refractivity contribution in [1.82, 2.24) is 5.32 Å². The molecule has 3 nitrogen and oxygen atoms in total. The van der Waals surface area contributed by atoms with Gasteiger partial charge < -0.3 is 10.4 Å². The Morgan fingerprint density at radius 1 is 1.14 bits per heavy atom. The van der Waals surface area contributed by atoms with Crippen molar-refractivity contribution in [2.45, 2.75) is 13.0 Å². The summed E-state index contributed by atoms with van der Waals surface area (Å²) < 4.78 is 26.0. The number of carbonyl (C=O) groups is 1. The van der Waals surface area contributed by atoms with E-state index in [2.05, 4.69) is 5.32 Å². The van der Waals surface area contributed by atoms with Gasteiger partial charge in [-0.05, 0) is 24.6 Å². The van der Waals surface area contributed by atoms with Crippen LogP contribution in [0, 0.1) is 18.6 Å². The van der Waals surface area contributed by atoms with Gasteiger partial charge in [-0.1, -0.05) is 29.8 Å². The fraction of sp³-hybridized carbons (Fsp3) is 0.188. The molecule has 0 aliphatic rings. The van der Waals surface area contributed by atoms with E-state index in [0.29, 0.717) is 11.6 Å². The van der Waals surface area contributed by atoms with Gasteiger partial charge in [-0.15, -0.1) is 0 Å². The van der Waals surface area contributed by atoms with E-state index in [1.807, 2.05) is 19.1 Å². The Morgan fingerprint density at radius 3 is 2.29 bits per heavy atom. The lowest BCUT2D eigenvalue weighted by Crippen LogP contribution is -2.28. The molecule has 110 valence electrons. The first-order chi connectivity index (χ1) is 9.95. The molecule has 0 spiro atoms. The number of halogens is 2. The van der Waals surface area contributed by atoms with E-state index in [1.165, 1.54) is 0 Å². The zero-order chi connectivity index (χ0) is 15.4. The summed E-state index contributed by atoms with van der Waals surface area (Å²) in [6, 6.07) is 9.79. The second kappa shape index (κ2) is 6.45. The van der Waals surface area contributed by atoms with E-state index in [-0.39, 0.29) is 12.1 Å². The molecule has 0 radical (unpaired) electrons. The maximum absolute atomic E-state index is 13.0. The molecule has 0 aromatic heterocycles. The molecule has 0 bridgehead atoms. The van der Waals surface area contributed by atoms with Crippen LogP contribution < -0.4 is 5.32 Å². The number of hydrogen-bond donors (Lipinski definition) is 2. The third-order valence-corrected chi connectivity index (χ3v) is 3.04. The summed E-state index contributed by atoms with van der Waals surface area (Å²) in [5.74, 6) is -2.28. The maximum Gasteiger partial charge on any atom is 0.251 e. The van der Waals surface area contributed by atoms with Gasteiger partial charge in [0.25, 0.3) is 5.91 Å². The number of rotatable bonds is 4. The maximum atomic E-state index is 13.0. The van der Waals surface area contributed by atoms with E-state index in [0.717, 1.165) is 17.7 Å². The molecule has 0 saturated heterocycles. The zero-order valence-electron chi connectivity index (χ0n) is 11.4. The third-order valence-electron chi connectivity index (χ3n) is 3.04. The molecule has 5 heteroatoms. The Kier molecular flexibility index (Phi) is 4.65. The van der Waals surface area contributed by atoms with Crippen molar-refractivity contribution in [3.63, 3.8) is 0 Å². The number of hydrogen-bond acceptors (Lipinski definition) is 2. The molecule has 2 aromatic carbocycles. The van der Waals surface area contributed by atoms with Gasteiger partial charge in [-0.25, -0.2) is 8.78 Å². The lowest BCUT2D eigenvalue weighted by Gasteiger charge is -2.12. The van der Waals surface area contributed by atoms with Crippen LogP contribution >= 0.6 is 0 Å². The minimum atomic E-state index is -0.882. The predicted molar refractivity (Wildman–Crippen MR) is 74.8 cm³/mol. The Balaban J connectivity index is 1.98. The molecule has 1 atom stereocenters. The SMILES string of the molecule is Cc1ccc([C@H](O)CNC(=O)c2cc(F)cc(F)c2)cc1. The lowest BCUT2D eigenvalue weighted by molar-refractivity contribution is 0.0915. The van der Waals surface area contributed by atoms with E-state index >= 15 is 0 Å². The Hall–Kier alpha value is -2.27. The van der Waals surface area contributed by atoms with Gasteiger partial charge in [0, 0.05) is 18.2 Å². The Bertz CT molecular complexity index is 621. The molecule has 2 rings (SSSR count). The van der Waals surface area contributed by atoms with Gasteiger partial charge in [0.05, 0.1) is 6.10 Å². The molecule has 0 aliphatic carbocycles. The van der Waals surface area contributed by atoms with Gasteiger partial charge in [-0.2, -0.15) is 0 Å². The number of aryl methyl sites for hydroxylation is 1. The number of amides is 1. The number of carbonyl (C=O) groups excluding carboxylic acids is 1. The number of nitrogens with one attached hydrogen (secondary N) is 1. The van der Waals surface area contributed by atoms with E-state index in [1.54, 1.807) is 12.1 Å². The van der Waals surface area contributed by atoms with Crippen LogP contribution in [-0.2, 0) is 0 Å². The second-order valence-electron chi connectivity index (χ2n) is 4.79. The number of aliphatic hydroxyl groups is 1. The number of aliphatic hydroxyl groups excluding tert-OH is 1. The van der Waals surface area contributed by atoms with Crippen LogP contribution in [0.4, 0.5) is 8.78 Å². The molecule has 0 saturated carbocycles. The van der Waals surface area contributed by atoms with Gasteiger partial charge in [0.1, 0.15) is 11.6 Å². The van der Waals surface area contributed by atoms with Crippen molar-refractivity contribution >= 4 is 5.91 Å². The summed E-state index contributed by atoms with van der Waals surface area (Å²) in [6.07, 6.45) is -0.882. The zero-order valence-corrected chi connectivity index (χ0v) is 11.4. The van der Waals surface area contributed by atoms with Crippen LogP contribution in [0.5, 0.6) is 0 Å². The van der Waals surface area contributed by atoms with Crippen LogP contribution in [0.2, 0.25) is 0 Å². The van der Waals surface area contributed by atoms with Crippen molar-refractivity contribution in [1.29, 1.82) is 0 Å². The highest BCUT2D eigenvalue weighted by Gasteiger charge is 2.12. The first-order valence-electron chi connectivity index (χ1n) is 6.44. The average molecular weight is 291 g/mol. The molecular formula is C16H15F2NO2. The monoisotopic (exact) mass is 291 g/mol.